The lowest BCUT2D eigenvalue weighted by Crippen LogP contribution is -2.22. The van der Waals surface area contributed by atoms with Gasteiger partial charge in [0.05, 0.1) is 17.1 Å². The lowest BCUT2D eigenvalue weighted by atomic mass is 10.0. The number of Topliss-reactive ketones (excluding diaryl/α,β-unsaturated/α-hetero) is 1. The van der Waals surface area contributed by atoms with Crippen molar-refractivity contribution in [3.8, 4) is 22.6 Å². The van der Waals surface area contributed by atoms with Crippen LogP contribution in [-0.2, 0) is 0 Å². The Hall–Kier alpha value is -3.08. The summed E-state index contributed by atoms with van der Waals surface area (Å²) in [6, 6.07) is 21.5. The van der Waals surface area contributed by atoms with Crippen LogP contribution in [0.4, 0.5) is 0 Å². The Balaban J connectivity index is 2.05. The van der Waals surface area contributed by atoms with Gasteiger partial charge in [0.15, 0.2) is 5.78 Å². The van der Waals surface area contributed by atoms with Gasteiger partial charge in [0.1, 0.15) is 0 Å². The van der Waals surface area contributed by atoms with Gasteiger partial charge in [-0.05, 0) is 68.4 Å². The SMILES string of the molecule is CC(=O)c1cccc(-c2c(C)n(-c3ccc(Cl)cc3)c(=O)n2-c2ccc(Cl)cc2)c1. The molecule has 4 rings (SSSR count). The standard InChI is InChI=1S/C24H18Cl2N2O2/c1-15-23(18-5-3-4-17(14-18)16(2)29)28(22-12-8-20(26)9-13-22)24(30)27(15)21-10-6-19(25)7-11-21/h3-14H,1-2H3. The number of hydrogen-bond donors (Lipinski definition) is 0. The van der Waals surface area contributed by atoms with Crippen LogP contribution < -0.4 is 5.69 Å². The van der Waals surface area contributed by atoms with E-state index >= 15 is 0 Å². The van der Waals surface area contributed by atoms with E-state index in [-0.39, 0.29) is 11.5 Å². The van der Waals surface area contributed by atoms with Gasteiger partial charge in [-0.25, -0.2) is 4.79 Å². The Morgan fingerprint density at radius 2 is 1.33 bits per heavy atom. The maximum absolute atomic E-state index is 13.6. The molecule has 1 aromatic heterocycles. The van der Waals surface area contributed by atoms with Crippen LogP contribution in [0.3, 0.4) is 0 Å². The Morgan fingerprint density at radius 1 is 0.800 bits per heavy atom. The van der Waals surface area contributed by atoms with E-state index in [9.17, 15) is 9.59 Å². The van der Waals surface area contributed by atoms with E-state index in [1.165, 1.54) is 6.92 Å². The van der Waals surface area contributed by atoms with E-state index in [2.05, 4.69) is 0 Å². The van der Waals surface area contributed by atoms with Crippen LogP contribution in [0.15, 0.2) is 77.6 Å². The quantitative estimate of drug-likeness (QED) is 0.362. The monoisotopic (exact) mass is 436 g/mol. The molecule has 150 valence electrons. The fourth-order valence-corrected chi connectivity index (χ4v) is 3.81. The zero-order chi connectivity index (χ0) is 21.4. The summed E-state index contributed by atoms with van der Waals surface area (Å²) in [5, 5.41) is 1.18. The molecule has 0 spiro atoms. The molecule has 0 atom stereocenters. The molecule has 0 unspecified atom stereocenters. The predicted octanol–water partition coefficient (Wildman–Crippen LogP) is 6.11. The Labute approximate surface area is 183 Å². The Bertz CT molecular complexity index is 1300. The van der Waals surface area contributed by atoms with Crippen molar-refractivity contribution >= 4 is 29.0 Å². The van der Waals surface area contributed by atoms with Crippen LogP contribution in [0, 0.1) is 6.92 Å². The summed E-state index contributed by atoms with van der Waals surface area (Å²) >= 11 is 12.1. The summed E-state index contributed by atoms with van der Waals surface area (Å²) in [6.45, 7) is 3.41. The van der Waals surface area contributed by atoms with Crippen LogP contribution in [0.25, 0.3) is 22.6 Å². The third-order valence-corrected chi connectivity index (χ3v) is 5.50. The van der Waals surface area contributed by atoms with E-state index in [1.54, 1.807) is 63.7 Å². The highest BCUT2D eigenvalue weighted by molar-refractivity contribution is 6.30. The van der Waals surface area contributed by atoms with Crippen molar-refractivity contribution in [2.24, 2.45) is 0 Å². The normalized spacial score (nSPS) is 10.9. The molecule has 0 fully saturated rings. The number of carbonyl (C=O) groups is 1. The first kappa shape index (κ1) is 20.2. The second-order valence-corrected chi connectivity index (χ2v) is 7.85. The van der Waals surface area contributed by atoms with Gasteiger partial charge in [-0.3, -0.25) is 13.9 Å². The summed E-state index contributed by atoms with van der Waals surface area (Å²) in [5.41, 5.74) is 3.99. The van der Waals surface area contributed by atoms with E-state index in [4.69, 9.17) is 23.2 Å². The van der Waals surface area contributed by atoms with Crippen molar-refractivity contribution in [2.75, 3.05) is 0 Å². The van der Waals surface area contributed by atoms with Gasteiger partial charge in [-0.15, -0.1) is 0 Å². The highest BCUT2D eigenvalue weighted by Crippen LogP contribution is 2.29. The van der Waals surface area contributed by atoms with Crippen molar-refractivity contribution < 1.29 is 4.79 Å². The number of rotatable bonds is 4. The third-order valence-electron chi connectivity index (χ3n) is 5.00. The molecule has 4 nitrogen and oxygen atoms in total. The second kappa shape index (κ2) is 7.98. The smallest absolute Gasteiger partial charge is 0.295 e. The molecule has 3 aromatic carbocycles. The maximum Gasteiger partial charge on any atom is 0.338 e. The molecule has 4 aromatic rings. The molecule has 0 bridgehead atoms. The minimum atomic E-state index is -0.222. The Morgan fingerprint density at radius 3 is 1.87 bits per heavy atom. The number of ketones is 1. The molecule has 6 heteroatoms. The Kier molecular flexibility index (Phi) is 5.37. The van der Waals surface area contributed by atoms with Crippen LogP contribution in [0.5, 0.6) is 0 Å². The fraction of sp³-hybridized carbons (Fsp3) is 0.0833. The van der Waals surface area contributed by atoms with E-state index < -0.39 is 0 Å². The first-order valence-electron chi connectivity index (χ1n) is 9.34. The zero-order valence-electron chi connectivity index (χ0n) is 16.4. The van der Waals surface area contributed by atoms with E-state index in [0.717, 1.165) is 11.3 Å². The van der Waals surface area contributed by atoms with Crippen LogP contribution in [0.2, 0.25) is 10.0 Å². The van der Waals surface area contributed by atoms with Crippen LogP contribution in [-0.4, -0.2) is 14.9 Å². The number of benzene rings is 3. The molecule has 0 N–H and O–H groups in total. The summed E-state index contributed by atoms with van der Waals surface area (Å²) in [5.74, 6) is -0.0352. The first-order chi connectivity index (χ1) is 14.4. The lowest BCUT2D eigenvalue weighted by Gasteiger charge is -2.10. The lowest BCUT2D eigenvalue weighted by molar-refractivity contribution is 0.101. The van der Waals surface area contributed by atoms with Crippen molar-refractivity contribution in [2.45, 2.75) is 13.8 Å². The van der Waals surface area contributed by atoms with Crippen molar-refractivity contribution in [1.82, 2.24) is 9.13 Å². The van der Waals surface area contributed by atoms with Crippen molar-refractivity contribution in [3.05, 3.63) is 105 Å². The zero-order valence-corrected chi connectivity index (χ0v) is 17.9. The molecule has 1 heterocycles. The minimum Gasteiger partial charge on any atom is -0.295 e. The molecule has 0 aliphatic rings. The molecule has 0 amide bonds. The van der Waals surface area contributed by atoms with Gasteiger partial charge in [0, 0.05) is 26.9 Å². The highest BCUT2D eigenvalue weighted by atomic mass is 35.5. The number of hydrogen-bond acceptors (Lipinski definition) is 2. The number of imidazole rings is 1. The van der Waals surface area contributed by atoms with Gasteiger partial charge in [0.2, 0.25) is 0 Å². The van der Waals surface area contributed by atoms with Gasteiger partial charge >= 0.3 is 5.69 Å². The fourth-order valence-electron chi connectivity index (χ4n) is 3.55. The highest BCUT2D eigenvalue weighted by Gasteiger charge is 2.21. The number of nitrogens with zero attached hydrogens (tertiary/aromatic N) is 2. The van der Waals surface area contributed by atoms with E-state index in [1.807, 2.05) is 25.1 Å². The summed E-state index contributed by atoms with van der Waals surface area (Å²) in [6.07, 6.45) is 0. The summed E-state index contributed by atoms with van der Waals surface area (Å²) in [4.78, 5) is 25.5. The molecular weight excluding hydrogens is 419 g/mol. The molecule has 0 saturated heterocycles. The van der Waals surface area contributed by atoms with Crippen LogP contribution >= 0.6 is 23.2 Å². The summed E-state index contributed by atoms with van der Waals surface area (Å²) in [7, 11) is 0. The van der Waals surface area contributed by atoms with Crippen LogP contribution in [0.1, 0.15) is 23.0 Å². The number of halogens is 2. The third kappa shape index (κ3) is 3.60. The average Bonchev–Trinajstić information content (AvgIpc) is 3.00. The van der Waals surface area contributed by atoms with Gasteiger partial charge in [0.25, 0.3) is 0 Å². The molecule has 0 saturated carbocycles. The van der Waals surface area contributed by atoms with Gasteiger partial charge in [-0.2, -0.15) is 0 Å². The maximum atomic E-state index is 13.6. The number of carbonyl (C=O) groups excluding carboxylic acids is 1. The molecular formula is C24H18Cl2N2O2. The largest absolute Gasteiger partial charge is 0.338 e. The molecule has 0 radical (unpaired) electrons. The average molecular weight is 437 g/mol. The molecule has 30 heavy (non-hydrogen) atoms. The molecule has 0 aliphatic heterocycles. The van der Waals surface area contributed by atoms with Crippen molar-refractivity contribution in [3.63, 3.8) is 0 Å². The summed E-state index contributed by atoms with van der Waals surface area (Å²) < 4.78 is 3.28. The second-order valence-electron chi connectivity index (χ2n) is 6.98. The number of aromatic nitrogens is 2. The topological polar surface area (TPSA) is 44.0 Å². The minimum absolute atomic E-state index is 0.0352. The van der Waals surface area contributed by atoms with Gasteiger partial charge in [-0.1, -0.05) is 41.4 Å². The van der Waals surface area contributed by atoms with E-state index in [0.29, 0.717) is 32.7 Å². The van der Waals surface area contributed by atoms with Gasteiger partial charge < -0.3 is 0 Å². The predicted molar refractivity (Wildman–Crippen MR) is 122 cm³/mol. The van der Waals surface area contributed by atoms with Crippen molar-refractivity contribution in [1.29, 1.82) is 0 Å². The molecule has 0 aliphatic carbocycles. The first-order valence-corrected chi connectivity index (χ1v) is 10.1.